The summed E-state index contributed by atoms with van der Waals surface area (Å²) in [5.41, 5.74) is 1.55. The predicted molar refractivity (Wildman–Crippen MR) is 100.0 cm³/mol. The first-order chi connectivity index (χ1) is 12.7. The molecule has 1 amide bonds. The maximum absolute atomic E-state index is 12.6. The van der Waals surface area contributed by atoms with E-state index >= 15 is 0 Å². The molecule has 140 valence electrons. The minimum Gasteiger partial charge on any atom is -0.351 e. The molecule has 0 saturated carbocycles. The van der Waals surface area contributed by atoms with Crippen LogP contribution in [0.4, 0.5) is 5.82 Å². The van der Waals surface area contributed by atoms with Crippen LogP contribution in [0.15, 0.2) is 12.7 Å². The van der Waals surface area contributed by atoms with E-state index in [1.807, 2.05) is 4.90 Å². The lowest BCUT2D eigenvalue weighted by atomic mass is 9.98. The van der Waals surface area contributed by atoms with Crippen LogP contribution >= 0.6 is 0 Å². The molecule has 0 unspecified atom stereocenters. The van der Waals surface area contributed by atoms with Crippen molar-refractivity contribution in [1.29, 1.82) is 0 Å². The summed E-state index contributed by atoms with van der Waals surface area (Å²) in [5.74, 6) is 1.17. The van der Waals surface area contributed by atoms with Crippen molar-refractivity contribution in [2.24, 2.45) is 0 Å². The van der Waals surface area contributed by atoms with E-state index in [-0.39, 0.29) is 5.91 Å². The first-order valence-corrected chi connectivity index (χ1v) is 9.59. The molecule has 2 aliphatic rings. The number of aromatic nitrogens is 4. The summed E-state index contributed by atoms with van der Waals surface area (Å²) < 4.78 is 0. The first kappa shape index (κ1) is 17.2. The number of nitrogens with zero attached hydrogens (tertiary/aromatic N) is 6. The summed E-state index contributed by atoms with van der Waals surface area (Å²) in [5, 5.41) is 0. The molecule has 0 spiro atoms. The summed E-state index contributed by atoms with van der Waals surface area (Å²) in [6.07, 6.45) is 8.65. The van der Waals surface area contributed by atoms with Crippen LogP contribution in [0.5, 0.6) is 0 Å². The van der Waals surface area contributed by atoms with Gasteiger partial charge in [-0.25, -0.2) is 15.0 Å². The highest BCUT2D eigenvalue weighted by Crippen LogP contribution is 2.22. The van der Waals surface area contributed by atoms with E-state index in [2.05, 4.69) is 36.8 Å². The maximum atomic E-state index is 12.6. The van der Waals surface area contributed by atoms with Gasteiger partial charge in [-0.3, -0.25) is 4.79 Å². The van der Waals surface area contributed by atoms with Crippen molar-refractivity contribution in [2.45, 2.75) is 38.1 Å². The maximum Gasteiger partial charge on any atom is 0.222 e. The summed E-state index contributed by atoms with van der Waals surface area (Å²) in [4.78, 5) is 35.1. The number of carbonyl (C=O) groups excluding carboxylic acids is 1. The molecule has 2 aromatic heterocycles. The van der Waals surface area contributed by atoms with Gasteiger partial charge in [0, 0.05) is 38.6 Å². The topological polar surface area (TPSA) is 81.2 Å². The zero-order valence-corrected chi connectivity index (χ0v) is 15.4. The number of aromatic amines is 1. The van der Waals surface area contributed by atoms with Crippen molar-refractivity contribution in [3.63, 3.8) is 0 Å². The van der Waals surface area contributed by atoms with Crippen LogP contribution < -0.4 is 4.90 Å². The van der Waals surface area contributed by atoms with Crippen LogP contribution in [0.25, 0.3) is 11.2 Å². The fraction of sp³-hybridized carbons (Fsp3) is 0.667. The number of carbonyl (C=O) groups is 1. The molecule has 0 radical (unpaired) electrons. The Morgan fingerprint density at radius 3 is 2.81 bits per heavy atom. The Balaban J connectivity index is 1.30. The predicted octanol–water partition coefficient (Wildman–Crippen LogP) is 1.27. The average Bonchev–Trinajstić information content (AvgIpc) is 3.16. The van der Waals surface area contributed by atoms with Gasteiger partial charge in [-0.2, -0.15) is 0 Å². The standard InChI is InChI=1S/C18H27N7O/c1-23-7-3-2-4-14(23)5-6-15(26)24-8-10-25(11-9-24)18-16-17(20-12-19-16)21-13-22-18/h12-14H,2-11H2,1H3,(H,19,20,21,22)/t14-/m1/s1. The third-order valence-corrected chi connectivity index (χ3v) is 5.75. The largest absolute Gasteiger partial charge is 0.351 e. The Labute approximate surface area is 153 Å². The zero-order valence-electron chi connectivity index (χ0n) is 15.4. The number of hydrogen-bond donors (Lipinski definition) is 1. The highest BCUT2D eigenvalue weighted by atomic mass is 16.2. The van der Waals surface area contributed by atoms with E-state index in [1.165, 1.54) is 25.8 Å². The summed E-state index contributed by atoms with van der Waals surface area (Å²) in [6, 6.07) is 0.573. The van der Waals surface area contributed by atoms with Crippen molar-refractivity contribution < 1.29 is 4.79 Å². The minimum atomic E-state index is 0.290. The van der Waals surface area contributed by atoms with Gasteiger partial charge in [0.1, 0.15) is 11.8 Å². The van der Waals surface area contributed by atoms with Gasteiger partial charge >= 0.3 is 0 Å². The molecular formula is C18H27N7O. The lowest BCUT2D eigenvalue weighted by molar-refractivity contribution is -0.131. The Kier molecular flexibility index (Phi) is 5.01. The molecule has 0 aliphatic carbocycles. The van der Waals surface area contributed by atoms with Crippen molar-refractivity contribution in [1.82, 2.24) is 29.7 Å². The number of anilines is 1. The van der Waals surface area contributed by atoms with Gasteiger partial charge in [0.25, 0.3) is 0 Å². The quantitative estimate of drug-likeness (QED) is 0.887. The second kappa shape index (κ2) is 7.57. The zero-order chi connectivity index (χ0) is 17.9. The smallest absolute Gasteiger partial charge is 0.222 e. The SMILES string of the molecule is CN1CCCC[C@@H]1CCC(=O)N1CCN(c2ncnc3nc[nH]c23)CC1. The van der Waals surface area contributed by atoms with Crippen LogP contribution in [0.3, 0.4) is 0 Å². The van der Waals surface area contributed by atoms with Crippen LogP contribution in [0.1, 0.15) is 32.1 Å². The Bertz CT molecular complexity index is 753. The Hall–Kier alpha value is -2.22. The average molecular weight is 357 g/mol. The van der Waals surface area contributed by atoms with E-state index in [1.54, 1.807) is 12.7 Å². The number of rotatable bonds is 4. The third-order valence-electron chi connectivity index (χ3n) is 5.75. The second-order valence-corrected chi connectivity index (χ2v) is 7.34. The number of H-pyrrole nitrogens is 1. The molecule has 1 N–H and O–H groups in total. The monoisotopic (exact) mass is 357 g/mol. The van der Waals surface area contributed by atoms with Crippen LogP contribution in [0, 0.1) is 0 Å². The molecule has 1 atom stereocenters. The summed E-state index contributed by atoms with van der Waals surface area (Å²) in [7, 11) is 2.19. The van der Waals surface area contributed by atoms with Crippen LogP contribution in [-0.4, -0.2) is 81.5 Å². The number of piperazine rings is 1. The van der Waals surface area contributed by atoms with Gasteiger partial charge in [0.05, 0.1) is 6.33 Å². The molecule has 2 aliphatic heterocycles. The molecule has 8 heteroatoms. The lowest BCUT2D eigenvalue weighted by Crippen LogP contribution is -2.49. The number of fused-ring (bicyclic) bond motifs is 1. The molecule has 0 bridgehead atoms. The number of piperidine rings is 1. The van der Waals surface area contributed by atoms with Gasteiger partial charge in [-0.15, -0.1) is 0 Å². The van der Waals surface area contributed by atoms with Gasteiger partial charge in [0.15, 0.2) is 11.5 Å². The molecule has 2 saturated heterocycles. The van der Waals surface area contributed by atoms with Gasteiger partial charge in [0.2, 0.25) is 5.91 Å². The van der Waals surface area contributed by atoms with E-state index in [0.29, 0.717) is 18.1 Å². The van der Waals surface area contributed by atoms with Crippen LogP contribution in [-0.2, 0) is 4.79 Å². The van der Waals surface area contributed by atoms with E-state index in [9.17, 15) is 4.79 Å². The van der Waals surface area contributed by atoms with Crippen molar-refractivity contribution in [3.8, 4) is 0 Å². The molecule has 4 heterocycles. The molecule has 8 nitrogen and oxygen atoms in total. The van der Waals surface area contributed by atoms with Gasteiger partial charge in [-0.05, 0) is 32.9 Å². The number of hydrogen-bond acceptors (Lipinski definition) is 6. The molecule has 4 rings (SSSR count). The Morgan fingerprint density at radius 1 is 1.15 bits per heavy atom. The fourth-order valence-electron chi connectivity index (χ4n) is 4.12. The van der Waals surface area contributed by atoms with E-state index in [4.69, 9.17) is 0 Å². The number of amides is 1. The molecular weight excluding hydrogens is 330 g/mol. The van der Waals surface area contributed by atoms with Gasteiger partial charge in [-0.1, -0.05) is 6.42 Å². The van der Waals surface area contributed by atoms with Crippen molar-refractivity contribution in [2.75, 3.05) is 44.7 Å². The highest BCUT2D eigenvalue weighted by molar-refractivity contribution is 5.83. The van der Waals surface area contributed by atoms with Crippen molar-refractivity contribution >= 4 is 22.9 Å². The normalized spacial score (nSPS) is 22.1. The first-order valence-electron chi connectivity index (χ1n) is 9.59. The van der Waals surface area contributed by atoms with Crippen LogP contribution in [0.2, 0.25) is 0 Å². The van der Waals surface area contributed by atoms with Gasteiger partial charge < -0.3 is 19.7 Å². The fourth-order valence-corrected chi connectivity index (χ4v) is 4.12. The highest BCUT2D eigenvalue weighted by Gasteiger charge is 2.25. The minimum absolute atomic E-state index is 0.290. The number of imidazole rings is 1. The summed E-state index contributed by atoms with van der Waals surface area (Å²) in [6.45, 7) is 4.25. The number of likely N-dealkylation sites (tertiary alicyclic amines) is 1. The third kappa shape index (κ3) is 3.51. The second-order valence-electron chi connectivity index (χ2n) is 7.34. The molecule has 2 fully saturated rings. The molecule has 2 aromatic rings. The lowest BCUT2D eigenvalue weighted by Gasteiger charge is -2.36. The van der Waals surface area contributed by atoms with E-state index < -0.39 is 0 Å². The molecule has 26 heavy (non-hydrogen) atoms. The van der Waals surface area contributed by atoms with Crippen molar-refractivity contribution in [3.05, 3.63) is 12.7 Å². The molecule has 0 aromatic carbocycles. The van der Waals surface area contributed by atoms with E-state index in [0.717, 1.165) is 43.9 Å². The Morgan fingerprint density at radius 2 is 2.00 bits per heavy atom. The summed E-state index contributed by atoms with van der Waals surface area (Å²) >= 11 is 0. The number of nitrogens with one attached hydrogen (secondary N) is 1.